The molecule has 6 heteroatoms. The van der Waals surface area contributed by atoms with Crippen LogP contribution < -0.4 is 9.47 Å². The summed E-state index contributed by atoms with van der Waals surface area (Å²) in [6.45, 7) is 7.65. The first kappa shape index (κ1) is 22.2. The molecule has 0 bridgehead atoms. The van der Waals surface area contributed by atoms with Gasteiger partial charge in [-0.3, -0.25) is 9.59 Å². The zero-order valence-electron chi connectivity index (χ0n) is 18.3. The molecule has 0 aromatic heterocycles. The Morgan fingerprint density at radius 3 is 2.37 bits per heavy atom. The molecule has 0 N–H and O–H groups in total. The number of carbonyl (C=O) groups excluding carboxylic acids is 2. The minimum absolute atomic E-state index is 0.0211. The Bertz CT molecular complexity index is 748. The zero-order valence-corrected chi connectivity index (χ0v) is 18.3. The molecule has 1 aromatic rings. The maximum absolute atomic E-state index is 12.6. The van der Waals surface area contributed by atoms with E-state index in [4.69, 9.17) is 9.47 Å². The highest BCUT2D eigenvalue weighted by molar-refractivity contribution is 5.92. The summed E-state index contributed by atoms with van der Waals surface area (Å²) in [6.07, 6.45) is 8.71. The average molecular weight is 415 g/mol. The van der Waals surface area contributed by atoms with Gasteiger partial charge in [-0.1, -0.05) is 25.8 Å². The topological polar surface area (TPSA) is 59.1 Å². The van der Waals surface area contributed by atoms with Crippen LogP contribution in [0.3, 0.4) is 0 Å². The SMILES string of the molecule is CCCOc1ccc(/C=C/C(=O)N2CCN(C(=O)C3CCCC3)CC2)cc1OCC. The molecule has 2 fully saturated rings. The number of amides is 2. The average Bonchev–Trinajstić information content (AvgIpc) is 3.31. The van der Waals surface area contributed by atoms with Crippen LogP contribution in [0.25, 0.3) is 6.08 Å². The molecule has 0 radical (unpaired) electrons. The number of hydrogen-bond acceptors (Lipinski definition) is 4. The molecule has 2 amide bonds. The Morgan fingerprint density at radius 1 is 1.00 bits per heavy atom. The van der Waals surface area contributed by atoms with E-state index in [-0.39, 0.29) is 17.7 Å². The van der Waals surface area contributed by atoms with Crippen LogP contribution in [0.4, 0.5) is 0 Å². The molecule has 164 valence electrons. The Labute approximate surface area is 179 Å². The van der Waals surface area contributed by atoms with Crippen LogP contribution in [0.5, 0.6) is 11.5 Å². The summed E-state index contributed by atoms with van der Waals surface area (Å²) >= 11 is 0. The van der Waals surface area contributed by atoms with Crippen molar-refractivity contribution in [2.24, 2.45) is 5.92 Å². The molecular weight excluding hydrogens is 380 g/mol. The van der Waals surface area contributed by atoms with Gasteiger partial charge < -0.3 is 19.3 Å². The Morgan fingerprint density at radius 2 is 1.70 bits per heavy atom. The standard InChI is InChI=1S/C24H34N2O4/c1-3-17-30-21-11-9-19(18-22(21)29-4-2)10-12-23(27)25-13-15-26(16-14-25)24(28)20-7-5-6-8-20/h9-12,18,20H,3-8,13-17H2,1-2H3/b12-10+. The van der Waals surface area contributed by atoms with Crippen molar-refractivity contribution in [2.75, 3.05) is 39.4 Å². The van der Waals surface area contributed by atoms with E-state index in [1.165, 1.54) is 0 Å². The quantitative estimate of drug-likeness (QED) is 0.608. The lowest BCUT2D eigenvalue weighted by Crippen LogP contribution is -2.51. The molecule has 3 rings (SSSR count). The summed E-state index contributed by atoms with van der Waals surface area (Å²) in [5, 5.41) is 0. The van der Waals surface area contributed by atoms with Gasteiger partial charge in [0.05, 0.1) is 13.2 Å². The van der Waals surface area contributed by atoms with Crippen molar-refractivity contribution in [1.29, 1.82) is 0 Å². The molecule has 1 heterocycles. The second-order valence-corrected chi connectivity index (χ2v) is 7.95. The van der Waals surface area contributed by atoms with Gasteiger partial charge in [-0.25, -0.2) is 0 Å². The lowest BCUT2D eigenvalue weighted by molar-refractivity contribution is -0.140. The molecule has 0 spiro atoms. The number of carbonyl (C=O) groups is 2. The molecule has 0 atom stereocenters. The molecule has 6 nitrogen and oxygen atoms in total. The third-order valence-electron chi connectivity index (χ3n) is 5.76. The number of hydrogen-bond donors (Lipinski definition) is 0. The predicted molar refractivity (Wildman–Crippen MR) is 118 cm³/mol. The van der Waals surface area contributed by atoms with Gasteiger partial charge in [-0.05, 0) is 50.0 Å². The van der Waals surface area contributed by atoms with E-state index >= 15 is 0 Å². The van der Waals surface area contributed by atoms with Gasteiger partial charge >= 0.3 is 0 Å². The molecule has 1 aliphatic carbocycles. The first-order valence-electron chi connectivity index (χ1n) is 11.3. The normalized spacial score (nSPS) is 17.5. The van der Waals surface area contributed by atoms with Gasteiger partial charge in [-0.2, -0.15) is 0 Å². The van der Waals surface area contributed by atoms with E-state index in [2.05, 4.69) is 6.92 Å². The summed E-state index contributed by atoms with van der Waals surface area (Å²) in [5.41, 5.74) is 0.894. The van der Waals surface area contributed by atoms with Gasteiger partial charge in [-0.15, -0.1) is 0 Å². The minimum Gasteiger partial charge on any atom is -0.490 e. The molecule has 1 saturated heterocycles. The van der Waals surface area contributed by atoms with Crippen LogP contribution in [0.15, 0.2) is 24.3 Å². The second-order valence-electron chi connectivity index (χ2n) is 7.95. The van der Waals surface area contributed by atoms with E-state index in [1.54, 1.807) is 6.08 Å². The van der Waals surface area contributed by atoms with E-state index < -0.39 is 0 Å². The van der Waals surface area contributed by atoms with Crippen molar-refractivity contribution in [3.8, 4) is 11.5 Å². The Hall–Kier alpha value is -2.50. The fourth-order valence-corrected chi connectivity index (χ4v) is 4.08. The number of nitrogens with zero attached hydrogens (tertiary/aromatic N) is 2. The van der Waals surface area contributed by atoms with Gasteiger partial charge in [0, 0.05) is 38.2 Å². The third-order valence-corrected chi connectivity index (χ3v) is 5.76. The van der Waals surface area contributed by atoms with Gasteiger partial charge in [0.25, 0.3) is 0 Å². The zero-order chi connectivity index (χ0) is 21.3. The second kappa shape index (κ2) is 11.0. The maximum Gasteiger partial charge on any atom is 0.246 e. The van der Waals surface area contributed by atoms with Crippen molar-refractivity contribution in [1.82, 2.24) is 9.80 Å². The molecule has 2 aliphatic rings. The summed E-state index contributed by atoms with van der Waals surface area (Å²) in [6, 6.07) is 5.71. The highest BCUT2D eigenvalue weighted by atomic mass is 16.5. The lowest BCUT2D eigenvalue weighted by Gasteiger charge is -2.35. The van der Waals surface area contributed by atoms with E-state index in [0.29, 0.717) is 45.1 Å². The highest BCUT2D eigenvalue weighted by Gasteiger charge is 2.30. The summed E-state index contributed by atoms with van der Waals surface area (Å²) in [7, 11) is 0. The van der Waals surface area contributed by atoms with Crippen molar-refractivity contribution in [2.45, 2.75) is 46.0 Å². The van der Waals surface area contributed by atoms with Crippen molar-refractivity contribution >= 4 is 17.9 Å². The maximum atomic E-state index is 12.6. The van der Waals surface area contributed by atoms with E-state index in [1.807, 2.05) is 41.0 Å². The molecule has 1 aliphatic heterocycles. The first-order chi connectivity index (χ1) is 14.6. The number of piperazine rings is 1. The molecule has 1 saturated carbocycles. The Kier molecular flexibility index (Phi) is 8.17. The lowest BCUT2D eigenvalue weighted by atomic mass is 10.1. The molecule has 1 aromatic carbocycles. The molecule has 0 unspecified atom stereocenters. The molecule has 30 heavy (non-hydrogen) atoms. The van der Waals surface area contributed by atoms with Gasteiger partial charge in [0.2, 0.25) is 11.8 Å². The first-order valence-corrected chi connectivity index (χ1v) is 11.3. The van der Waals surface area contributed by atoms with Crippen molar-refractivity contribution < 1.29 is 19.1 Å². The number of rotatable bonds is 8. The monoisotopic (exact) mass is 414 g/mol. The van der Waals surface area contributed by atoms with Crippen LogP contribution in [-0.4, -0.2) is 61.0 Å². The fourth-order valence-electron chi connectivity index (χ4n) is 4.08. The van der Waals surface area contributed by atoms with E-state index in [0.717, 1.165) is 43.4 Å². The summed E-state index contributed by atoms with van der Waals surface area (Å²) in [4.78, 5) is 28.9. The Balaban J connectivity index is 1.54. The third kappa shape index (κ3) is 5.77. The van der Waals surface area contributed by atoms with Gasteiger partial charge in [0.1, 0.15) is 0 Å². The van der Waals surface area contributed by atoms with E-state index in [9.17, 15) is 9.59 Å². The predicted octanol–water partition coefficient (Wildman–Crippen LogP) is 3.75. The summed E-state index contributed by atoms with van der Waals surface area (Å²) in [5.74, 6) is 1.89. The number of benzene rings is 1. The summed E-state index contributed by atoms with van der Waals surface area (Å²) < 4.78 is 11.4. The van der Waals surface area contributed by atoms with Crippen LogP contribution in [0.1, 0.15) is 51.5 Å². The molecular formula is C24H34N2O4. The van der Waals surface area contributed by atoms with Crippen molar-refractivity contribution in [3.63, 3.8) is 0 Å². The van der Waals surface area contributed by atoms with Gasteiger partial charge in [0.15, 0.2) is 11.5 Å². The minimum atomic E-state index is -0.0211. The van der Waals surface area contributed by atoms with Crippen LogP contribution in [-0.2, 0) is 9.59 Å². The smallest absolute Gasteiger partial charge is 0.246 e. The van der Waals surface area contributed by atoms with Crippen LogP contribution in [0, 0.1) is 5.92 Å². The fraction of sp³-hybridized carbons (Fsp3) is 0.583. The van der Waals surface area contributed by atoms with Crippen molar-refractivity contribution in [3.05, 3.63) is 29.8 Å². The van der Waals surface area contributed by atoms with Crippen LogP contribution in [0.2, 0.25) is 0 Å². The largest absolute Gasteiger partial charge is 0.490 e. The number of ether oxygens (including phenoxy) is 2. The van der Waals surface area contributed by atoms with Crippen LogP contribution >= 0.6 is 0 Å². The highest BCUT2D eigenvalue weighted by Crippen LogP contribution is 2.29.